The van der Waals surface area contributed by atoms with Gasteiger partial charge in [0.05, 0.1) is 24.0 Å². The van der Waals surface area contributed by atoms with Gasteiger partial charge in [-0.05, 0) is 37.6 Å². The van der Waals surface area contributed by atoms with Gasteiger partial charge in [0, 0.05) is 18.3 Å². The highest BCUT2D eigenvalue weighted by atomic mass is 16.1. The van der Waals surface area contributed by atoms with Crippen molar-refractivity contribution in [2.45, 2.75) is 26.4 Å². The molecule has 2 heterocycles. The predicted octanol–water partition coefficient (Wildman–Crippen LogP) is 2.71. The number of para-hydroxylation sites is 2. The van der Waals surface area contributed by atoms with E-state index in [-0.39, 0.29) is 11.9 Å². The van der Waals surface area contributed by atoms with Gasteiger partial charge in [-0.3, -0.25) is 4.79 Å². The number of hydrogen-bond acceptors (Lipinski definition) is 4. The van der Waals surface area contributed by atoms with Crippen molar-refractivity contribution in [1.29, 1.82) is 0 Å². The molecule has 1 aliphatic heterocycles. The fraction of sp³-hybridized carbons (Fsp3) is 0.250. The van der Waals surface area contributed by atoms with Crippen molar-refractivity contribution in [3.8, 4) is 5.69 Å². The van der Waals surface area contributed by atoms with Gasteiger partial charge in [0.1, 0.15) is 5.69 Å². The number of carbonyl (C=O) groups is 1. The van der Waals surface area contributed by atoms with Crippen molar-refractivity contribution < 1.29 is 4.79 Å². The van der Waals surface area contributed by atoms with E-state index in [2.05, 4.69) is 33.5 Å². The molecule has 1 atom stereocenters. The smallest absolute Gasteiger partial charge is 0.253 e. The Kier molecular flexibility index (Phi) is 4.16. The maximum atomic E-state index is 12.4. The number of nitrogens with zero attached hydrogens (tertiary/aromatic N) is 4. The summed E-state index contributed by atoms with van der Waals surface area (Å²) in [6.45, 7) is 5.39. The molecule has 1 amide bonds. The molecule has 0 saturated carbocycles. The molecule has 1 unspecified atom stereocenters. The number of rotatable bonds is 3. The van der Waals surface area contributed by atoms with Crippen LogP contribution in [0, 0.1) is 6.92 Å². The first kappa shape index (κ1) is 16.3. The Hall–Kier alpha value is -3.15. The first-order valence-electron chi connectivity index (χ1n) is 8.74. The van der Waals surface area contributed by atoms with Crippen LogP contribution < -0.4 is 10.2 Å². The molecule has 2 aromatic carbocycles. The molecule has 0 radical (unpaired) electrons. The Labute approximate surface area is 152 Å². The Morgan fingerprint density at radius 3 is 2.65 bits per heavy atom. The lowest BCUT2D eigenvalue weighted by Crippen LogP contribution is -2.38. The van der Waals surface area contributed by atoms with E-state index in [4.69, 9.17) is 0 Å². The lowest BCUT2D eigenvalue weighted by Gasteiger charge is -2.24. The van der Waals surface area contributed by atoms with Crippen molar-refractivity contribution in [3.63, 3.8) is 0 Å². The highest BCUT2D eigenvalue weighted by Gasteiger charge is 2.24. The monoisotopic (exact) mass is 347 g/mol. The van der Waals surface area contributed by atoms with Gasteiger partial charge in [-0.25, -0.2) is 4.68 Å². The molecule has 0 fully saturated rings. The quantitative estimate of drug-likeness (QED) is 0.791. The standard InChI is InChI=1S/C20H21N5O/c1-14-7-3-5-9-18(14)25-13-16(22-23-25)12-24-11-15(2)21-20(26)17-8-4-6-10-19(17)24/h3-10,13,15H,11-12H2,1-2H3,(H,21,26). The van der Waals surface area contributed by atoms with Crippen LogP contribution in [0.5, 0.6) is 0 Å². The Morgan fingerprint density at radius 1 is 1.12 bits per heavy atom. The molecule has 26 heavy (non-hydrogen) atoms. The summed E-state index contributed by atoms with van der Waals surface area (Å²) in [6, 6.07) is 15.8. The third-order valence-electron chi connectivity index (χ3n) is 4.62. The maximum absolute atomic E-state index is 12.4. The van der Waals surface area contributed by atoms with E-state index in [1.807, 2.05) is 55.6 Å². The fourth-order valence-electron chi connectivity index (χ4n) is 3.37. The van der Waals surface area contributed by atoms with Gasteiger partial charge in [-0.1, -0.05) is 35.5 Å². The second-order valence-corrected chi connectivity index (χ2v) is 6.71. The van der Waals surface area contributed by atoms with Crippen molar-refractivity contribution in [3.05, 3.63) is 71.5 Å². The van der Waals surface area contributed by atoms with E-state index in [0.717, 1.165) is 29.2 Å². The van der Waals surface area contributed by atoms with Crippen molar-refractivity contribution in [1.82, 2.24) is 20.3 Å². The van der Waals surface area contributed by atoms with E-state index >= 15 is 0 Å². The second-order valence-electron chi connectivity index (χ2n) is 6.71. The zero-order chi connectivity index (χ0) is 18.1. The zero-order valence-electron chi connectivity index (χ0n) is 14.9. The van der Waals surface area contributed by atoms with Crippen molar-refractivity contribution in [2.75, 3.05) is 11.4 Å². The van der Waals surface area contributed by atoms with Crippen LogP contribution in [0.3, 0.4) is 0 Å². The molecular weight excluding hydrogens is 326 g/mol. The first-order chi connectivity index (χ1) is 12.6. The normalized spacial score (nSPS) is 16.8. The van der Waals surface area contributed by atoms with E-state index < -0.39 is 0 Å². The molecular formula is C20H21N5O. The number of carbonyl (C=O) groups excluding carboxylic acids is 1. The summed E-state index contributed by atoms with van der Waals surface area (Å²) in [5, 5.41) is 11.7. The summed E-state index contributed by atoms with van der Waals surface area (Å²) < 4.78 is 1.81. The molecule has 6 nitrogen and oxygen atoms in total. The molecule has 4 rings (SSSR count). The lowest BCUT2D eigenvalue weighted by molar-refractivity contribution is 0.0945. The topological polar surface area (TPSA) is 63.0 Å². The van der Waals surface area contributed by atoms with E-state index in [0.29, 0.717) is 12.1 Å². The molecule has 1 N–H and O–H groups in total. The van der Waals surface area contributed by atoms with Gasteiger partial charge in [0.25, 0.3) is 5.91 Å². The van der Waals surface area contributed by atoms with Crippen molar-refractivity contribution in [2.24, 2.45) is 0 Å². The van der Waals surface area contributed by atoms with E-state index in [9.17, 15) is 4.79 Å². The SMILES string of the molecule is Cc1ccccc1-n1cc(CN2CC(C)NC(=O)c3ccccc32)nn1. The Balaban J connectivity index is 1.64. The zero-order valence-corrected chi connectivity index (χ0v) is 14.9. The largest absolute Gasteiger partial charge is 0.363 e. The number of nitrogens with one attached hydrogen (secondary N) is 1. The summed E-state index contributed by atoms with van der Waals surface area (Å²) in [5.41, 5.74) is 4.66. The Morgan fingerprint density at radius 2 is 1.85 bits per heavy atom. The minimum Gasteiger partial charge on any atom is -0.363 e. The summed E-state index contributed by atoms with van der Waals surface area (Å²) in [6.07, 6.45) is 1.95. The van der Waals surface area contributed by atoms with Gasteiger partial charge < -0.3 is 10.2 Å². The third-order valence-corrected chi connectivity index (χ3v) is 4.62. The molecule has 0 bridgehead atoms. The van der Waals surface area contributed by atoms with Crippen LogP contribution >= 0.6 is 0 Å². The summed E-state index contributed by atoms with van der Waals surface area (Å²) in [5.74, 6) is -0.0286. The molecule has 132 valence electrons. The lowest BCUT2D eigenvalue weighted by atomic mass is 10.1. The molecule has 1 aliphatic rings. The Bertz CT molecular complexity index is 949. The second kappa shape index (κ2) is 6.63. The number of aryl methyl sites for hydroxylation is 1. The van der Waals surface area contributed by atoms with Crippen molar-refractivity contribution >= 4 is 11.6 Å². The summed E-state index contributed by atoms with van der Waals surface area (Å²) in [4.78, 5) is 14.6. The number of aromatic nitrogens is 3. The average Bonchev–Trinajstić information content (AvgIpc) is 3.05. The minimum absolute atomic E-state index is 0.0286. The maximum Gasteiger partial charge on any atom is 0.253 e. The van der Waals surface area contributed by atoms with E-state index in [1.54, 1.807) is 4.68 Å². The van der Waals surface area contributed by atoms with Crippen LogP contribution in [0.15, 0.2) is 54.7 Å². The molecule has 3 aromatic rings. The van der Waals surface area contributed by atoms with Crippen LogP contribution in [0.1, 0.15) is 28.5 Å². The van der Waals surface area contributed by atoms with Gasteiger partial charge in [0.15, 0.2) is 0 Å². The van der Waals surface area contributed by atoms with Crippen LogP contribution in [-0.4, -0.2) is 33.5 Å². The predicted molar refractivity (Wildman–Crippen MR) is 101 cm³/mol. The molecule has 0 saturated heterocycles. The molecule has 6 heteroatoms. The number of fused-ring (bicyclic) bond motifs is 1. The van der Waals surface area contributed by atoms with Gasteiger partial charge >= 0.3 is 0 Å². The molecule has 0 aliphatic carbocycles. The number of benzene rings is 2. The van der Waals surface area contributed by atoms with Crippen LogP contribution in [0.25, 0.3) is 5.69 Å². The summed E-state index contributed by atoms with van der Waals surface area (Å²) >= 11 is 0. The highest BCUT2D eigenvalue weighted by molar-refractivity contribution is 6.00. The highest BCUT2D eigenvalue weighted by Crippen LogP contribution is 2.25. The third kappa shape index (κ3) is 3.06. The van der Waals surface area contributed by atoms with E-state index in [1.165, 1.54) is 0 Å². The van der Waals surface area contributed by atoms with Gasteiger partial charge in [-0.2, -0.15) is 0 Å². The molecule has 1 aromatic heterocycles. The molecule has 0 spiro atoms. The van der Waals surface area contributed by atoms with Crippen LogP contribution in [-0.2, 0) is 6.54 Å². The van der Waals surface area contributed by atoms with Gasteiger partial charge in [-0.15, -0.1) is 5.10 Å². The fourth-order valence-corrected chi connectivity index (χ4v) is 3.37. The van der Waals surface area contributed by atoms with Crippen LogP contribution in [0.2, 0.25) is 0 Å². The number of anilines is 1. The van der Waals surface area contributed by atoms with Crippen LogP contribution in [0.4, 0.5) is 5.69 Å². The number of amides is 1. The average molecular weight is 347 g/mol. The first-order valence-corrected chi connectivity index (χ1v) is 8.74. The minimum atomic E-state index is -0.0286. The summed E-state index contributed by atoms with van der Waals surface area (Å²) in [7, 11) is 0. The van der Waals surface area contributed by atoms with Gasteiger partial charge in [0.2, 0.25) is 0 Å². The number of hydrogen-bond donors (Lipinski definition) is 1.